The summed E-state index contributed by atoms with van der Waals surface area (Å²) in [5, 5.41) is 0. The van der Waals surface area contributed by atoms with Crippen molar-refractivity contribution in [3.8, 4) is 11.5 Å². The lowest BCUT2D eigenvalue weighted by Gasteiger charge is -2.33. The second kappa shape index (κ2) is 9.21. The molecule has 2 N–H and O–H groups in total. The molecule has 2 heterocycles. The van der Waals surface area contributed by atoms with Gasteiger partial charge < -0.3 is 19.1 Å². The molecule has 2 aliphatic heterocycles. The van der Waals surface area contributed by atoms with Gasteiger partial charge in [-0.25, -0.2) is 5.43 Å². The molecule has 2 aliphatic rings. The molecule has 0 aromatic heterocycles. The lowest BCUT2D eigenvalue weighted by Crippen LogP contribution is -2.49. The summed E-state index contributed by atoms with van der Waals surface area (Å²) in [5.74, 6) is 2.14. The van der Waals surface area contributed by atoms with Gasteiger partial charge in [0.05, 0.1) is 19.8 Å². The Labute approximate surface area is 154 Å². The zero-order valence-corrected chi connectivity index (χ0v) is 15.6. The van der Waals surface area contributed by atoms with Crippen molar-refractivity contribution in [1.29, 1.82) is 0 Å². The summed E-state index contributed by atoms with van der Waals surface area (Å²) in [5.41, 5.74) is 6.32. The Morgan fingerprint density at radius 1 is 1.23 bits per heavy atom. The summed E-state index contributed by atoms with van der Waals surface area (Å²) in [6.07, 6.45) is 2.89. The number of hydrazine groups is 1. The quantitative estimate of drug-likeness (QED) is 0.758. The van der Waals surface area contributed by atoms with E-state index in [0.29, 0.717) is 18.9 Å². The Balaban J connectivity index is 1.46. The molecule has 1 aromatic rings. The molecule has 7 heteroatoms. The third kappa shape index (κ3) is 4.87. The minimum atomic E-state index is -0.199. The van der Waals surface area contributed by atoms with Gasteiger partial charge in [-0.2, -0.15) is 0 Å². The maximum Gasteiger partial charge on any atom is 0.241 e. The molecule has 1 aromatic carbocycles. The summed E-state index contributed by atoms with van der Waals surface area (Å²) >= 11 is 0. The fourth-order valence-corrected chi connectivity index (χ4v) is 3.64. The Bertz CT molecular complexity index is 596. The number of methoxy groups -OCH3 is 2. The number of hydrogen-bond donors (Lipinski definition) is 2. The molecule has 2 fully saturated rings. The van der Waals surface area contributed by atoms with E-state index in [0.717, 1.165) is 44.0 Å². The van der Waals surface area contributed by atoms with Crippen LogP contribution in [0.3, 0.4) is 0 Å². The van der Waals surface area contributed by atoms with Crippen molar-refractivity contribution in [2.45, 2.75) is 31.3 Å². The van der Waals surface area contributed by atoms with Crippen LogP contribution in [0.1, 0.15) is 19.3 Å². The molecule has 0 radical (unpaired) electrons. The number of hydrogen-bond acceptors (Lipinski definition) is 6. The standard InChI is InChI=1S/C19H29N3O4/c1-24-12-14-5-4-8-22(11-14)19(23)18-9-15(20-21-18)13-26-17-7-3-6-16(10-17)25-2/h3,6-7,10,14-15,18,20-21H,4-5,8-9,11-13H2,1-2H3. The zero-order valence-electron chi connectivity index (χ0n) is 15.6. The summed E-state index contributed by atoms with van der Waals surface area (Å²) in [6.45, 7) is 2.84. The van der Waals surface area contributed by atoms with E-state index < -0.39 is 0 Å². The van der Waals surface area contributed by atoms with Gasteiger partial charge in [0, 0.05) is 26.3 Å². The number of carbonyl (C=O) groups excluding carboxylic acids is 1. The largest absolute Gasteiger partial charge is 0.497 e. The predicted octanol–water partition coefficient (Wildman–Crippen LogP) is 1.19. The summed E-state index contributed by atoms with van der Waals surface area (Å²) in [6, 6.07) is 7.43. The van der Waals surface area contributed by atoms with E-state index in [1.54, 1.807) is 14.2 Å². The summed E-state index contributed by atoms with van der Waals surface area (Å²) in [7, 11) is 3.35. The molecule has 26 heavy (non-hydrogen) atoms. The van der Waals surface area contributed by atoms with Gasteiger partial charge in [0.15, 0.2) is 0 Å². The van der Waals surface area contributed by atoms with Crippen LogP contribution in [0, 0.1) is 5.92 Å². The van der Waals surface area contributed by atoms with Crippen LogP contribution in [0.15, 0.2) is 24.3 Å². The highest BCUT2D eigenvalue weighted by atomic mass is 16.5. The van der Waals surface area contributed by atoms with Crippen LogP contribution in [-0.4, -0.2) is 63.4 Å². The van der Waals surface area contributed by atoms with Gasteiger partial charge in [-0.05, 0) is 37.3 Å². The number of amides is 1. The monoisotopic (exact) mass is 363 g/mol. The molecule has 7 nitrogen and oxygen atoms in total. The maximum absolute atomic E-state index is 12.8. The fourth-order valence-electron chi connectivity index (χ4n) is 3.64. The van der Waals surface area contributed by atoms with Crippen LogP contribution in [0.25, 0.3) is 0 Å². The number of piperidine rings is 1. The van der Waals surface area contributed by atoms with Crippen LogP contribution in [0.5, 0.6) is 11.5 Å². The van der Waals surface area contributed by atoms with Crippen molar-refractivity contribution in [3.63, 3.8) is 0 Å². The van der Waals surface area contributed by atoms with Crippen LogP contribution in [0.4, 0.5) is 0 Å². The average molecular weight is 363 g/mol. The molecule has 1 amide bonds. The molecule has 0 aliphatic carbocycles. The van der Waals surface area contributed by atoms with Gasteiger partial charge in [0.2, 0.25) is 5.91 Å². The molecule has 3 rings (SSSR count). The van der Waals surface area contributed by atoms with E-state index in [4.69, 9.17) is 14.2 Å². The van der Waals surface area contributed by atoms with Crippen LogP contribution >= 0.6 is 0 Å². The van der Waals surface area contributed by atoms with Crippen molar-refractivity contribution in [3.05, 3.63) is 24.3 Å². The first kappa shape index (κ1) is 18.9. The second-order valence-corrected chi connectivity index (χ2v) is 7.01. The van der Waals surface area contributed by atoms with Gasteiger partial charge in [0.1, 0.15) is 24.1 Å². The smallest absolute Gasteiger partial charge is 0.241 e. The van der Waals surface area contributed by atoms with Crippen molar-refractivity contribution in [1.82, 2.24) is 15.8 Å². The van der Waals surface area contributed by atoms with Gasteiger partial charge in [-0.15, -0.1) is 0 Å². The zero-order chi connectivity index (χ0) is 18.4. The molecule has 3 atom stereocenters. The first-order valence-electron chi connectivity index (χ1n) is 9.25. The molecular formula is C19H29N3O4. The molecule has 2 saturated heterocycles. The van der Waals surface area contributed by atoms with E-state index in [2.05, 4.69) is 10.9 Å². The minimum absolute atomic E-state index is 0.0923. The number of nitrogens with one attached hydrogen (secondary N) is 2. The van der Waals surface area contributed by atoms with Gasteiger partial charge >= 0.3 is 0 Å². The number of rotatable bonds is 7. The first-order valence-corrected chi connectivity index (χ1v) is 9.25. The molecule has 144 valence electrons. The fraction of sp³-hybridized carbons (Fsp3) is 0.632. The van der Waals surface area contributed by atoms with Crippen LogP contribution in [0.2, 0.25) is 0 Å². The minimum Gasteiger partial charge on any atom is -0.497 e. The van der Waals surface area contributed by atoms with Gasteiger partial charge in [-0.3, -0.25) is 10.2 Å². The first-order chi connectivity index (χ1) is 12.7. The van der Waals surface area contributed by atoms with E-state index in [1.807, 2.05) is 29.2 Å². The van der Waals surface area contributed by atoms with E-state index in [1.165, 1.54) is 0 Å². The van der Waals surface area contributed by atoms with Gasteiger partial charge in [0.25, 0.3) is 0 Å². The lowest BCUT2D eigenvalue weighted by atomic mass is 9.98. The van der Waals surface area contributed by atoms with Crippen molar-refractivity contribution < 1.29 is 19.0 Å². The lowest BCUT2D eigenvalue weighted by molar-refractivity contribution is -0.135. The number of carbonyl (C=O) groups is 1. The van der Waals surface area contributed by atoms with E-state index in [9.17, 15) is 4.79 Å². The van der Waals surface area contributed by atoms with E-state index in [-0.39, 0.29) is 18.0 Å². The Morgan fingerprint density at radius 3 is 2.88 bits per heavy atom. The van der Waals surface area contributed by atoms with Crippen LogP contribution in [-0.2, 0) is 9.53 Å². The molecule has 0 saturated carbocycles. The SMILES string of the molecule is COCC1CCCN(C(=O)C2CC(COc3cccc(OC)c3)NN2)C1. The number of nitrogens with zero attached hydrogens (tertiary/aromatic N) is 1. The summed E-state index contributed by atoms with van der Waals surface area (Å²) in [4.78, 5) is 14.7. The second-order valence-electron chi connectivity index (χ2n) is 7.01. The van der Waals surface area contributed by atoms with Crippen molar-refractivity contribution in [2.75, 3.05) is 40.5 Å². The number of likely N-dealkylation sites (tertiary alicyclic amines) is 1. The summed E-state index contributed by atoms with van der Waals surface area (Å²) < 4.78 is 16.3. The predicted molar refractivity (Wildman–Crippen MR) is 98.1 cm³/mol. The Morgan fingerprint density at radius 2 is 2.08 bits per heavy atom. The molecule has 0 spiro atoms. The normalized spacial score (nSPS) is 25.9. The van der Waals surface area contributed by atoms with Crippen LogP contribution < -0.4 is 20.3 Å². The molecular weight excluding hydrogens is 334 g/mol. The van der Waals surface area contributed by atoms with Crippen molar-refractivity contribution in [2.24, 2.45) is 5.92 Å². The Kier molecular flexibility index (Phi) is 6.71. The topological polar surface area (TPSA) is 72.1 Å². The molecule has 0 bridgehead atoms. The van der Waals surface area contributed by atoms with E-state index >= 15 is 0 Å². The number of benzene rings is 1. The van der Waals surface area contributed by atoms with Gasteiger partial charge in [-0.1, -0.05) is 6.07 Å². The third-order valence-electron chi connectivity index (χ3n) is 5.01. The highest BCUT2D eigenvalue weighted by molar-refractivity contribution is 5.82. The average Bonchev–Trinajstić information content (AvgIpc) is 3.15. The van der Waals surface area contributed by atoms with Crippen molar-refractivity contribution >= 4 is 5.91 Å². The third-order valence-corrected chi connectivity index (χ3v) is 5.01. The number of ether oxygens (including phenoxy) is 3. The highest BCUT2D eigenvalue weighted by Crippen LogP contribution is 2.21. The molecule has 3 unspecified atom stereocenters. The highest BCUT2D eigenvalue weighted by Gasteiger charge is 2.34. The maximum atomic E-state index is 12.8. The Hall–Kier alpha value is -1.83.